The van der Waals surface area contributed by atoms with E-state index in [-0.39, 0.29) is 29.7 Å². The lowest BCUT2D eigenvalue weighted by Gasteiger charge is -2.11. The standard InChI is InChI=1S/C14H23N3O3/c1-3-4-8-17-13(19)6-5-12(16-17)14(20)15-10-11(2)7-9-18/h5-6,11,18H,3-4,7-10H2,1-2H3,(H,15,20). The van der Waals surface area contributed by atoms with Gasteiger partial charge in [0, 0.05) is 25.8 Å². The summed E-state index contributed by atoms with van der Waals surface area (Å²) in [7, 11) is 0. The highest BCUT2D eigenvalue weighted by molar-refractivity contribution is 5.91. The Labute approximate surface area is 118 Å². The van der Waals surface area contributed by atoms with E-state index in [4.69, 9.17) is 5.11 Å². The van der Waals surface area contributed by atoms with Gasteiger partial charge in [0.2, 0.25) is 0 Å². The Morgan fingerprint density at radius 1 is 1.50 bits per heavy atom. The van der Waals surface area contributed by atoms with Crippen molar-refractivity contribution in [3.05, 3.63) is 28.2 Å². The number of aryl methyl sites for hydroxylation is 1. The van der Waals surface area contributed by atoms with Crippen molar-refractivity contribution in [2.45, 2.75) is 39.7 Å². The van der Waals surface area contributed by atoms with Crippen LogP contribution in [0.25, 0.3) is 0 Å². The van der Waals surface area contributed by atoms with Crippen LogP contribution in [0.15, 0.2) is 16.9 Å². The average molecular weight is 281 g/mol. The molecule has 1 aromatic rings. The van der Waals surface area contributed by atoms with Crippen molar-refractivity contribution in [2.24, 2.45) is 5.92 Å². The number of aromatic nitrogens is 2. The lowest BCUT2D eigenvalue weighted by atomic mass is 10.1. The number of hydrogen-bond donors (Lipinski definition) is 2. The van der Waals surface area contributed by atoms with Gasteiger partial charge in [0.15, 0.2) is 0 Å². The fourth-order valence-electron chi connectivity index (χ4n) is 1.72. The van der Waals surface area contributed by atoms with Crippen LogP contribution in [0.2, 0.25) is 0 Å². The zero-order valence-electron chi connectivity index (χ0n) is 12.1. The van der Waals surface area contributed by atoms with Crippen molar-refractivity contribution in [3.8, 4) is 0 Å². The Hall–Kier alpha value is -1.69. The number of carbonyl (C=O) groups is 1. The maximum atomic E-state index is 11.9. The van der Waals surface area contributed by atoms with Gasteiger partial charge in [0.1, 0.15) is 5.69 Å². The average Bonchev–Trinajstić information content (AvgIpc) is 2.44. The van der Waals surface area contributed by atoms with Crippen LogP contribution in [-0.2, 0) is 6.54 Å². The smallest absolute Gasteiger partial charge is 0.271 e. The first kappa shape index (κ1) is 16.4. The fraction of sp³-hybridized carbons (Fsp3) is 0.643. The van der Waals surface area contributed by atoms with E-state index in [0.29, 0.717) is 19.5 Å². The third-order valence-corrected chi connectivity index (χ3v) is 3.06. The normalized spacial score (nSPS) is 12.2. The van der Waals surface area contributed by atoms with Crippen LogP contribution >= 0.6 is 0 Å². The number of aliphatic hydroxyl groups excluding tert-OH is 1. The van der Waals surface area contributed by atoms with E-state index in [9.17, 15) is 9.59 Å². The fourth-order valence-corrected chi connectivity index (χ4v) is 1.72. The van der Waals surface area contributed by atoms with Crippen LogP contribution in [0.4, 0.5) is 0 Å². The molecule has 0 bridgehead atoms. The largest absolute Gasteiger partial charge is 0.396 e. The number of unbranched alkanes of at least 4 members (excludes halogenated alkanes) is 1. The zero-order chi connectivity index (χ0) is 15.0. The molecule has 1 amide bonds. The van der Waals surface area contributed by atoms with Crippen molar-refractivity contribution in [3.63, 3.8) is 0 Å². The van der Waals surface area contributed by atoms with E-state index in [0.717, 1.165) is 12.8 Å². The molecule has 0 saturated heterocycles. The number of nitrogens with one attached hydrogen (secondary N) is 1. The van der Waals surface area contributed by atoms with E-state index in [1.54, 1.807) is 0 Å². The molecule has 112 valence electrons. The summed E-state index contributed by atoms with van der Waals surface area (Å²) in [5.74, 6) is -0.0880. The number of rotatable bonds is 8. The quantitative estimate of drug-likeness (QED) is 0.738. The summed E-state index contributed by atoms with van der Waals surface area (Å²) in [6, 6.07) is 2.81. The van der Waals surface area contributed by atoms with E-state index < -0.39 is 0 Å². The number of hydrogen-bond acceptors (Lipinski definition) is 4. The third kappa shape index (κ3) is 5.13. The van der Waals surface area contributed by atoms with Crippen molar-refractivity contribution in [1.82, 2.24) is 15.1 Å². The molecule has 0 aromatic carbocycles. The van der Waals surface area contributed by atoms with E-state index in [1.165, 1.54) is 16.8 Å². The minimum Gasteiger partial charge on any atom is -0.396 e. The minimum absolute atomic E-state index is 0.108. The summed E-state index contributed by atoms with van der Waals surface area (Å²) >= 11 is 0. The van der Waals surface area contributed by atoms with Crippen LogP contribution in [0.3, 0.4) is 0 Å². The molecule has 1 heterocycles. The van der Waals surface area contributed by atoms with Gasteiger partial charge in [-0.05, 0) is 24.8 Å². The van der Waals surface area contributed by atoms with E-state index >= 15 is 0 Å². The van der Waals surface area contributed by atoms with Gasteiger partial charge < -0.3 is 10.4 Å². The zero-order valence-corrected chi connectivity index (χ0v) is 12.1. The van der Waals surface area contributed by atoms with Crippen molar-refractivity contribution < 1.29 is 9.90 Å². The highest BCUT2D eigenvalue weighted by Crippen LogP contribution is 1.99. The van der Waals surface area contributed by atoms with Gasteiger partial charge in [0.05, 0.1) is 0 Å². The van der Waals surface area contributed by atoms with Crippen LogP contribution in [0.5, 0.6) is 0 Å². The first-order valence-corrected chi connectivity index (χ1v) is 7.05. The van der Waals surface area contributed by atoms with Gasteiger partial charge in [-0.25, -0.2) is 4.68 Å². The van der Waals surface area contributed by atoms with Gasteiger partial charge in [-0.1, -0.05) is 20.3 Å². The van der Waals surface area contributed by atoms with Crippen LogP contribution in [0, 0.1) is 5.92 Å². The molecular formula is C14H23N3O3. The predicted molar refractivity (Wildman–Crippen MR) is 76.6 cm³/mol. The summed E-state index contributed by atoms with van der Waals surface area (Å²) in [6.07, 6.45) is 2.46. The Kier molecular flexibility index (Phi) is 6.93. The van der Waals surface area contributed by atoms with Crippen LogP contribution in [0.1, 0.15) is 43.6 Å². The molecule has 0 fully saturated rings. The molecule has 0 saturated carbocycles. The molecule has 0 spiro atoms. The van der Waals surface area contributed by atoms with Crippen molar-refractivity contribution in [1.29, 1.82) is 0 Å². The Morgan fingerprint density at radius 3 is 2.90 bits per heavy atom. The lowest BCUT2D eigenvalue weighted by molar-refractivity contribution is 0.0937. The minimum atomic E-state index is -0.292. The summed E-state index contributed by atoms with van der Waals surface area (Å²) in [6.45, 7) is 5.10. The Balaban J connectivity index is 2.66. The number of amides is 1. The highest BCUT2D eigenvalue weighted by atomic mass is 16.3. The topological polar surface area (TPSA) is 84.2 Å². The molecule has 0 aliphatic rings. The highest BCUT2D eigenvalue weighted by Gasteiger charge is 2.10. The Morgan fingerprint density at radius 2 is 2.25 bits per heavy atom. The molecule has 1 aromatic heterocycles. The molecule has 1 atom stereocenters. The predicted octanol–water partition coefficient (Wildman–Crippen LogP) is 0.792. The molecular weight excluding hydrogens is 258 g/mol. The summed E-state index contributed by atoms with van der Waals surface area (Å²) in [5.41, 5.74) is 0.0561. The second-order valence-electron chi connectivity index (χ2n) is 4.96. The van der Waals surface area contributed by atoms with Gasteiger partial charge >= 0.3 is 0 Å². The maximum Gasteiger partial charge on any atom is 0.271 e. The van der Waals surface area contributed by atoms with Crippen LogP contribution < -0.4 is 10.9 Å². The van der Waals surface area contributed by atoms with Crippen molar-refractivity contribution >= 4 is 5.91 Å². The second-order valence-corrected chi connectivity index (χ2v) is 4.96. The first-order valence-electron chi connectivity index (χ1n) is 7.05. The van der Waals surface area contributed by atoms with Gasteiger partial charge in [-0.3, -0.25) is 9.59 Å². The number of carbonyl (C=O) groups excluding carboxylic acids is 1. The maximum absolute atomic E-state index is 11.9. The number of nitrogens with zero attached hydrogens (tertiary/aromatic N) is 2. The summed E-state index contributed by atoms with van der Waals surface area (Å²) in [5, 5.41) is 15.6. The summed E-state index contributed by atoms with van der Waals surface area (Å²) in [4.78, 5) is 23.5. The molecule has 0 aliphatic heterocycles. The SMILES string of the molecule is CCCCn1nc(C(=O)NCC(C)CCO)ccc1=O. The molecule has 2 N–H and O–H groups in total. The molecule has 1 rings (SSSR count). The molecule has 0 aliphatic carbocycles. The second kappa shape index (κ2) is 8.47. The molecule has 0 radical (unpaired) electrons. The molecule has 20 heavy (non-hydrogen) atoms. The van der Waals surface area contributed by atoms with Crippen LogP contribution in [-0.4, -0.2) is 33.9 Å². The third-order valence-electron chi connectivity index (χ3n) is 3.06. The Bertz CT molecular complexity index is 485. The lowest BCUT2D eigenvalue weighted by Crippen LogP contribution is -2.32. The van der Waals surface area contributed by atoms with E-state index in [2.05, 4.69) is 10.4 Å². The van der Waals surface area contributed by atoms with Crippen molar-refractivity contribution in [2.75, 3.05) is 13.2 Å². The van der Waals surface area contributed by atoms with Gasteiger partial charge in [-0.2, -0.15) is 5.10 Å². The number of aliphatic hydroxyl groups is 1. The summed E-state index contributed by atoms with van der Waals surface area (Å²) < 4.78 is 1.33. The monoisotopic (exact) mass is 281 g/mol. The van der Waals surface area contributed by atoms with Gasteiger partial charge in [-0.15, -0.1) is 0 Å². The van der Waals surface area contributed by atoms with Gasteiger partial charge in [0.25, 0.3) is 11.5 Å². The molecule has 6 nitrogen and oxygen atoms in total. The van der Waals surface area contributed by atoms with E-state index in [1.807, 2.05) is 13.8 Å². The first-order chi connectivity index (χ1) is 9.58. The molecule has 1 unspecified atom stereocenters. The molecule has 6 heteroatoms.